The molecule has 1 aliphatic carbocycles. The van der Waals surface area contributed by atoms with Crippen molar-refractivity contribution in [3.05, 3.63) is 48.9 Å². The minimum Gasteiger partial charge on any atom is -0.368 e. The number of ether oxygens (including phenoxy) is 1. The molecule has 1 amide bonds. The first kappa shape index (κ1) is 17.6. The van der Waals surface area contributed by atoms with Crippen molar-refractivity contribution in [2.75, 3.05) is 11.9 Å². The molecule has 0 saturated heterocycles. The Bertz CT molecular complexity index is 914. The van der Waals surface area contributed by atoms with E-state index in [0.717, 1.165) is 42.5 Å². The van der Waals surface area contributed by atoms with Gasteiger partial charge in [0.05, 0.1) is 29.0 Å². The number of pyridine rings is 1. The van der Waals surface area contributed by atoms with Gasteiger partial charge in [-0.05, 0) is 49.9 Å². The van der Waals surface area contributed by atoms with E-state index in [2.05, 4.69) is 15.3 Å². The lowest BCUT2D eigenvalue weighted by molar-refractivity contribution is -0.123. The zero-order valence-electron chi connectivity index (χ0n) is 15.0. The summed E-state index contributed by atoms with van der Waals surface area (Å²) in [5, 5.41) is 2.82. The topological polar surface area (TPSA) is 95.1 Å². The molecular formula is C20H23N5O2. The Morgan fingerprint density at radius 2 is 1.96 bits per heavy atom. The monoisotopic (exact) mass is 365 g/mol. The number of nitrogens with zero attached hydrogens (tertiary/aromatic N) is 3. The van der Waals surface area contributed by atoms with Crippen LogP contribution < -0.4 is 11.1 Å². The van der Waals surface area contributed by atoms with Gasteiger partial charge < -0.3 is 15.8 Å². The number of hydrogen-bond donors (Lipinski definition) is 2. The number of anilines is 1. The Hall–Kier alpha value is -2.77. The summed E-state index contributed by atoms with van der Waals surface area (Å²) < 4.78 is 7.61. The first-order valence-electron chi connectivity index (χ1n) is 9.24. The SMILES string of the molecule is NC1CCC(OCC(=O)Nc2ccc(-n3cnc4ccccc43)nc2)CC1. The fourth-order valence-corrected chi connectivity index (χ4v) is 3.39. The largest absolute Gasteiger partial charge is 0.368 e. The Kier molecular flexibility index (Phi) is 5.13. The number of benzene rings is 1. The predicted molar refractivity (Wildman–Crippen MR) is 104 cm³/mol. The average molecular weight is 365 g/mol. The van der Waals surface area contributed by atoms with Gasteiger partial charge in [0, 0.05) is 6.04 Å². The van der Waals surface area contributed by atoms with E-state index in [9.17, 15) is 4.79 Å². The molecule has 4 rings (SSSR count). The van der Waals surface area contributed by atoms with Gasteiger partial charge in [0.1, 0.15) is 18.8 Å². The minimum atomic E-state index is -0.174. The third-order valence-corrected chi connectivity index (χ3v) is 4.90. The summed E-state index contributed by atoms with van der Waals surface area (Å²) in [7, 11) is 0. The van der Waals surface area contributed by atoms with Crippen molar-refractivity contribution in [3.8, 4) is 5.82 Å². The quantitative estimate of drug-likeness (QED) is 0.725. The summed E-state index contributed by atoms with van der Waals surface area (Å²) in [6.45, 7) is 0.0494. The van der Waals surface area contributed by atoms with Gasteiger partial charge in [-0.15, -0.1) is 0 Å². The molecule has 1 aromatic carbocycles. The second-order valence-electron chi connectivity index (χ2n) is 6.90. The van der Waals surface area contributed by atoms with E-state index >= 15 is 0 Å². The number of para-hydroxylation sites is 2. The van der Waals surface area contributed by atoms with Crippen LogP contribution in [0.4, 0.5) is 5.69 Å². The normalized spacial score (nSPS) is 19.9. The molecule has 0 unspecified atom stereocenters. The lowest BCUT2D eigenvalue weighted by atomic mass is 9.94. The van der Waals surface area contributed by atoms with Crippen molar-refractivity contribution in [1.82, 2.24) is 14.5 Å². The van der Waals surface area contributed by atoms with Crippen molar-refractivity contribution in [2.24, 2.45) is 5.73 Å². The molecule has 7 heteroatoms. The first-order valence-corrected chi connectivity index (χ1v) is 9.24. The fraction of sp³-hybridized carbons (Fsp3) is 0.350. The Balaban J connectivity index is 1.34. The van der Waals surface area contributed by atoms with Crippen LogP contribution in [0, 0.1) is 0 Å². The first-order chi connectivity index (χ1) is 13.2. The number of rotatable bonds is 5. The van der Waals surface area contributed by atoms with E-state index in [0.29, 0.717) is 5.69 Å². The van der Waals surface area contributed by atoms with E-state index < -0.39 is 0 Å². The smallest absolute Gasteiger partial charge is 0.250 e. The van der Waals surface area contributed by atoms with Crippen LogP contribution in [0.3, 0.4) is 0 Å². The van der Waals surface area contributed by atoms with Crippen LogP contribution in [0.15, 0.2) is 48.9 Å². The number of imidazole rings is 1. The van der Waals surface area contributed by atoms with Crippen LogP contribution >= 0.6 is 0 Å². The Labute approximate surface area is 157 Å². The molecule has 3 aromatic rings. The van der Waals surface area contributed by atoms with E-state index in [-0.39, 0.29) is 24.7 Å². The summed E-state index contributed by atoms with van der Waals surface area (Å²) in [5.41, 5.74) is 8.43. The number of carbonyl (C=O) groups excluding carboxylic acids is 1. The van der Waals surface area contributed by atoms with Gasteiger partial charge in [-0.1, -0.05) is 12.1 Å². The maximum atomic E-state index is 12.1. The van der Waals surface area contributed by atoms with Crippen LogP contribution in [-0.2, 0) is 9.53 Å². The lowest BCUT2D eigenvalue weighted by Gasteiger charge is -2.25. The van der Waals surface area contributed by atoms with E-state index in [4.69, 9.17) is 10.5 Å². The van der Waals surface area contributed by atoms with Crippen molar-refractivity contribution in [3.63, 3.8) is 0 Å². The molecule has 7 nitrogen and oxygen atoms in total. The van der Waals surface area contributed by atoms with Gasteiger partial charge in [0.2, 0.25) is 5.91 Å². The highest BCUT2D eigenvalue weighted by molar-refractivity contribution is 5.91. The van der Waals surface area contributed by atoms with Crippen molar-refractivity contribution in [2.45, 2.75) is 37.8 Å². The third kappa shape index (κ3) is 4.15. The number of nitrogens with one attached hydrogen (secondary N) is 1. The lowest BCUT2D eigenvalue weighted by Crippen LogP contribution is -2.32. The summed E-state index contributed by atoms with van der Waals surface area (Å²) in [5.74, 6) is 0.573. The fourth-order valence-electron chi connectivity index (χ4n) is 3.39. The van der Waals surface area contributed by atoms with Gasteiger partial charge in [-0.3, -0.25) is 9.36 Å². The molecular weight excluding hydrogens is 342 g/mol. The highest BCUT2D eigenvalue weighted by Gasteiger charge is 2.19. The highest BCUT2D eigenvalue weighted by Crippen LogP contribution is 2.20. The van der Waals surface area contributed by atoms with Gasteiger partial charge in [-0.2, -0.15) is 0 Å². The number of amides is 1. The molecule has 0 bridgehead atoms. The third-order valence-electron chi connectivity index (χ3n) is 4.90. The molecule has 0 atom stereocenters. The standard InChI is InChI=1S/C20H23N5O2/c21-14-5-8-16(9-6-14)27-12-20(26)24-15-7-10-19(22-11-15)25-13-23-17-3-1-2-4-18(17)25/h1-4,7,10-11,13-14,16H,5-6,8-9,12,21H2,(H,24,26). The molecule has 1 fully saturated rings. The average Bonchev–Trinajstić information content (AvgIpc) is 3.12. The highest BCUT2D eigenvalue weighted by atomic mass is 16.5. The molecule has 0 spiro atoms. The second-order valence-corrected chi connectivity index (χ2v) is 6.90. The van der Waals surface area contributed by atoms with Crippen molar-refractivity contribution < 1.29 is 9.53 Å². The van der Waals surface area contributed by atoms with Crippen LogP contribution in [-0.4, -0.2) is 39.2 Å². The maximum Gasteiger partial charge on any atom is 0.250 e. The van der Waals surface area contributed by atoms with Crippen LogP contribution in [0.2, 0.25) is 0 Å². The number of hydrogen-bond acceptors (Lipinski definition) is 5. The number of carbonyl (C=O) groups is 1. The predicted octanol–water partition coefficient (Wildman–Crippen LogP) is 2.65. The van der Waals surface area contributed by atoms with E-state index in [1.807, 2.05) is 41.0 Å². The van der Waals surface area contributed by atoms with Gasteiger partial charge in [0.15, 0.2) is 0 Å². The molecule has 140 valence electrons. The molecule has 0 radical (unpaired) electrons. The van der Waals surface area contributed by atoms with Gasteiger partial charge >= 0.3 is 0 Å². The van der Waals surface area contributed by atoms with E-state index in [1.54, 1.807) is 12.5 Å². The second kappa shape index (κ2) is 7.85. The summed E-state index contributed by atoms with van der Waals surface area (Å²) in [6, 6.07) is 11.8. The van der Waals surface area contributed by atoms with Crippen LogP contribution in [0.25, 0.3) is 16.9 Å². The van der Waals surface area contributed by atoms with Crippen molar-refractivity contribution in [1.29, 1.82) is 0 Å². The number of fused-ring (bicyclic) bond motifs is 1. The van der Waals surface area contributed by atoms with Crippen LogP contribution in [0.1, 0.15) is 25.7 Å². The molecule has 2 heterocycles. The molecule has 3 N–H and O–H groups in total. The zero-order chi connectivity index (χ0) is 18.6. The summed E-state index contributed by atoms with van der Waals surface area (Å²) in [4.78, 5) is 20.9. The van der Waals surface area contributed by atoms with Crippen LogP contribution in [0.5, 0.6) is 0 Å². The zero-order valence-corrected chi connectivity index (χ0v) is 15.0. The number of nitrogens with two attached hydrogens (primary N) is 1. The molecule has 27 heavy (non-hydrogen) atoms. The molecule has 0 aliphatic heterocycles. The van der Waals surface area contributed by atoms with Gasteiger partial charge in [0.25, 0.3) is 0 Å². The summed E-state index contributed by atoms with van der Waals surface area (Å²) in [6.07, 6.45) is 7.27. The van der Waals surface area contributed by atoms with Gasteiger partial charge in [-0.25, -0.2) is 9.97 Å². The minimum absolute atomic E-state index is 0.0494. The van der Waals surface area contributed by atoms with E-state index in [1.165, 1.54) is 0 Å². The Morgan fingerprint density at radius 3 is 2.74 bits per heavy atom. The summed E-state index contributed by atoms with van der Waals surface area (Å²) >= 11 is 0. The molecule has 1 aliphatic rings. The molecule has 1 saturated carbocycles. The number of aromatic nitrogens is 3. The maximum absolute atomic E-state index is 12.1. The Morgan fingerprint density at radius 1 is 1.15 bits per heavy atom. The van der Waals surface area contributed by atoms with Crippen molar-refractivity contribution >= 4 is 22.6 Å². The molecule has 2 aromatic heterocycles.